The first kappa shape index (κ1) is 15.3. The Hall–Kier alpha value is -1.08. The summed E-state index contributed by atoms with van der Waals surface area (Å²) in [6, 6.07) is 3.41. The fourth-order valence-electron chi connectivity index (χ4n) is 2.58. The Balaban J connectivity index is 2.05. The normalized spacial score (nSPS) is 22.6. The molecule has 1 aromatic rings. The highest BCUT2D eigenvalue weighted by Gasteiger charge is 2.31. The Morgan fingerprint density at radius 2 is 2.20 bits per heavy atom. The van der Waals surface area contributed by atoms with E-state index >= 15 is 0 Å². The lowest BCUT2D eigenvalue weighted by atomic mass is 9.94. The van der Waals surface area contributed by atoms with Crippen molar-refractivity contribution in [1.29, 1.82) is 0 Å². The first-order valence-electron chi connectivity index (χ1n) is 6.88. The number of hydrogen-bond acceptors (Lipinski definition) is 4. The van der Waals surface area contributed by atoms with E-state index in [2.05, 4.69) is 21.1 Å². The van der Waals surface area contributed by atoms with E-state index in [1.54, 1.807) is 0 Å². The van der Waals surface area contributed by atoms with Crippen LogP contribution in [0.5, 0.6) is 0 Å². The molecule has 3 N–H and O–H groups in total. The number of benzene rings is 1. The maximum atomic E-state index is 13.9. The molecular weight excluding hydrogens is 262 g/mol. The van der Waals surface area contributed by atoms with Gasteiger partial charge >= 0.3 is 0 Å². The van der Waals surface area contributed by atoms with Crippen LogP contribution in [0.3, 0.4) is 0 Å². The number of hydrazine groups is 1. The van der Waals surface area contributed by atoms with Gasteiger partial charge in [0.05, 0.1) is 6.04 Å². The van der Waals surface area contributed by atoms with Crippen molar-refractivity contribution >= 4 is 0 Å². The van der Waals surface area contributed by atoms with Gasteiger partial charge in [-0.25, -0.2) is 14.2 Å². The number of nitrogens with one attached hydrogen (secondary N) is 3. The van der Waals surface area contributed by atoms with E-state index in [0.717, 1.165) is 32.2 Å². The molecule has 0 aliphatic carbocycles. The molecule has 112 valence electrons. The van der Waals surface area contributed by atoms with E-state index in [4.69, 9.17) is 0 Å². The molecule has 2 atom stereocenters. The highest BCUT2D eigenvalue weighted by atomic mass is 19.1. The minimum atomic E-state index is -0.405. The van der Waals surface area contributed by atoms with Crippen LogP contribution in [-0.2, 0) is 0 Å². The van der Waals surface area contributed by atoms with Crippen LogP contribution in [0.1, 0.15) is 11.6 Å². The molecule has 0 bridgehead atoms. The van der Waals surface area contributed by atoms with Gasteiger partial charge in [0.25, 0.3) is 0 Å². The molecule has 4 nitrogen and oxygen atoms in total. The summed E-state index contributed by atoms with van der Waals surface area (Å²) >= 11 is 0. The lowest BCUT2D eigenvalue weighted by Crippen LogP contribution is -2.34. The fourth-order valence-corrected chi connectivity index (χ4v) is 2.58. The van der Waals surface area contributed by atoms with Crippen molar-refractivity contribution in [2.24, 2.45) is 5.92 Å². The SMILES string of the molecule is CNCCN(C)CC1CNNC1c1cc(F)ccc1F. The Morgan fingerprint density at radius 1 is 1.40 bits per heavy atom. The van der Waals surface area contributed by atoms with Crippen LogP contribution in [-0.4, -0.2) is 45.2 Å². The van der Waals surface area contributed by atoms with Crippen LogP contribution in [0.15, 0.2) is 18.2 Å². The monoisotopic (exact) mass is 284 g/mol. The third-order valence-corrected chi connectivity index (χ3v) is 3.68. The number of halogens is 2. The summed E-state index contributed by atoms with van der Waals surface area (Å²) in [5, 5.41) is 3.10. The second-order valence-corrected chi connectivity index (χ2v) is 5.29. The van der Waals surface area contributed by atoms with Crippen molar-refractivity contribution < 1.29 is 8.78 Å². The van der Waals surface area contributed by atoms with Crippen LogP contribution < -0.4 is 16.2 Å². The maximum absolute atomic E-state index is 13.9. The fraction of sp³-hybridized carbons (Fsp3) is 0.571. The van der Waals surface area contributed by atoms with E-state index in [1.165, 1.54) is 12.1 Å². The van der Waals surface area contributed by atoms with Crippen molar-refractivity contribution in [3.05, 3.63) is 35.4 Å². The third kappa shape index (κ3) is 3.73. The van der Waals surface area contributed by atoms with Gasteiger partial charge in [0.2, 0.25) is 0 Å². The van der Waals surface area contributed by atoms with Gasteiger partial charge in [0.1, 0.15) is 11.6 Å². The number of nitrogens with zero attached hydrogens (tertiary/aromatic N) is 1. The molecule has 20 heavy (non-hydrogen) atoms. The zero-order chi connectivity index (χ0) is 14.5. The predicted octanol–water partition coefficient (Wildman–Crippen LogP) is 0.881. The quantitative estimate of drug-likeness (QED) is 0.725. The van der Waals surface area contributed by atoms with E-state index in [0.29, 0.717) is 5.56 Å². The largest absolute Gasteiger partial charge is 0.318 e. The number of likely N-dealkylation sites (N-methyl/N-ethyl adjacent to an activating group) is 2. The third-order valence-electron chi connectivity index (χ3n) is 3.68. The molecule has 2 unspecified atom stereocenters. The predicted molar refractivity (Wildman–Crippen MR) is 75.2 cm³/mol. The molecule has 1 aliphatic heterocycles. The minimum absolute atomic E-state index is 0.202. The molecule has 0 saturated carbocycles. The molecule has 2 rings (SSSR count). The number of hydrogen-bond donors (Lipinski definition) is 3. The molecule has 1 heterocycles. The summed E-state index contributed by atoms with van der Waals surface area (Å²) in [6.45, 7) is 3.39. The van der Waals surface area contributed by atoms with Gasteiger partial charge in [-0.3, -0.25) is 5.43 Å². The van der Waals surface area contributed by atoms with Crippen molar-refractivity contribution in [2.75, 3.05) is 40.3 Å². The van der Waals surface area contributed by atoms with Crippen LogP contribution in [0.25, 0.3) is 0 Å². The van der Waals surface area contributed by atoms with E-state index in [-0.39, 0.29) is 17.8 Å². The van der Waals surface area contributed by atoms with Crippen molar-refractivity contribution in [3.63, 3.8) is 0 Å². The lowest BCUT2D eigenvalue weighted by Gasteiger charge is -2.25. The highest BCUT2D eigenvalue weighted by Crippen LogP contribution is 2.28. The van der Waals surface area contributed by atoms with Gasteiger partial charge in [-0.05, 0) is 32.3 Å². The molecule has 0 aromatic heterocycles. The van der Waals surface area contributed by atoms with Crippen LogP contribution in [0, 0.1) is 17.6 Å². The van der Waals surface area contributed by atoms with Gasteiger partial charge < -0.3 is 10.2 Å². The molecule has 6 heteroatoms. The van der Waals surface area contributed by atoms with Crippen LogP contribution in [0.2, 0.25) is 0 Å². The van der Waals surface area contributed by atoms with E-state index < -0.39 is 5.82 Å². The molecule has 0 radical (unpaired) electrons. The molecule has 1 aliphatic rings. The van der Waals surface area contributed by atoms with Crippen molar-refractivity contribution in [2.45, 2.75) is 6.04 Å². The smallest absolute Gasteiger partial charge is 0.128 e. The van der Waals surface area contributed by atoms with E-state index in [9.17, 15) is 8.78 Å². The topological polar surface area (TPSA) is 39.3 Å². The zero-order valence-corrected chi connectivity index (χ0v) is 11.9. The summed E-state index contributed by atoms with van der Waals surface area (Å²) < 4.78 is 27.2. The molecule has 1 aromatic carbocycles. The van der Waals surface area contributed by atoms with Crippen LogP contribution >= 0.6 is 0 Å². The zero-order valence-electron chi connectivity index (χ0n) is 11.9. The average molecular weight is 284 g/mol. The van der Waals surface area contributed by atoms with Gasteiger partial charge in [-0.2, -0.15) is 0 Å². The molecular formula is C14H22F2N4. The second-order valence-electron chi connectivity index (χ2n) is 5.29. The minimum Gasteiger partial charge on any atom is -0.318 e. The van der Waals surface area contributed by atoms with Gasteiger partial charge in [0, 0.05) is 37.7 Å². The first-order valence-corrected chi connectivity index (χ1v) is 6.88. The van der Waals surface area contributed by atoms with Gasteiger partial charge in [-0.15, -0.1) is 0 Å². The standard InChI is InChI=1S/C14H22F2N4/c1-17-5-6-20(2)9-10-8-18-19-14(10)12-7-11(15)3-4-13(12)16/h3-4,7,10,14,17-19H,5-6,8-9H2,1-2H3. The average Bonchev–Trinajstić information content (AvgIpc) is 2.87. The highest BCUT2D eigenvalue weighted by molar-refractivity contribution is 5.24. The molecule has 1 fully saturated rings. The first-order chi connectivity index (χ1) is 9.61. The summed E-state index contributed by atoms with van der Waals surface area (Å²) in [5.74, 6) is -0.568. The molecule has 0 spiro atoms. The lowest BCUT2D eigenvalue weighted by molar-refractivity contribution is 0.268. The molecule has 0 amide bonds. The Bertz CT molecular complexity index is 441. The second kappa shape index (κ2) is 7.08. The number of rotatable bonds is 6. The Labute approximate surface area is 118 Å². The summed E-state index contributed by atoms with van der Waals surface area (Å²) in [7, 11) is 3.95. The molecule has 1 saturated heterocycles. The Morgan fingerprint density at radius 3 is 2.95 bits per heavy atom. The summed E-state index contributed by atoms with van der Waals surface area (Å²) in [5.41, 5.74) is 6.49. The van der Waals surface area contributed by atoms with Crippen LogP contribution in [0.4, 0.5) is 8.78 Å². The van der Waals surface area contributed by atoms with E-state index in [1.807, 2.05) is 14.1 Å². The van der Waals surface area contributed by atoms with Gasteiger partial charge in [0.15, 0.2) is 0 Å². The Kier molecular flexibility index (Phi) is 5.42. The van der Waals surface area contributed by atoms with Gasteiger partial charge in [-0.1, -0.05) is 0 Å². The summed E-state index contributed by atoms with van der Waals surface area (Å²) in [4.78, 5) is 2.19. The maximum Gasteiger partial charge on any atom is 0.128 e. The van der Waals surface area contributed by atoms with Crippen molar-refractivity contribution in [1.82, 2.24) is 21.1 Å². The van der Waals surface area contributed by atoms with Crippen molar-refractivity contribution in [3.8, 4) is 0 Å². The summed E-state index contributed by atoms with van der Waals surface area (Å²) in [6.07, 6.45) is 0.